The fraction of sp³-hybridized carbons (Fsp3) is 0.133. The first-order valence-corrected chi connectivity index (χ1v) is 12.4. The summed E-state index contributed by atoms with van der Waals surface area (Å²) >= 11 is 0. The van der Waals surface area contributed by atoms with E-state index in [9.17, 15) is 23.1 Å². The summed E-state index contributed by atoms with van der Waals surface area (Å²) in [7, 11) is 0. The molecule has 2 heterocycles. The van der Waals surface area contributed by atoms with Crippen LogP contribution >= 0.6 is 0 Å². The van der Waals surface area contributed by atoms with E-state index in [4.69, 9.17) is 0 Å². The second-order valence-corrected chi connectivity index (χ2v) is 9.61. The van der Waals surface area contributed by atoms with E-state index in [1.807, 2.05) is 37.4 Å². The van der Waals surface area contributed by atoms with Gasteiger partial charge in [0, 0.05) is 41.3 Å². The monoisotopic (exact) mass is 541 g/mol. The molecule has 3 aromatic carbocycles. The quantitative estimate of drug-likeness (QED) is 0.281. The van der Waals surface area contributed by atoms with Gasteiger partial charge in [-0.25, -0.2) is 15.0 Å². The van der Waals surface area contributed by atoms with Crippen LogP contribution in [0.2, 0.25) is 0 Å². The number of amides is 1. The smallest absolute Gasteiger partial charge is 0.390 e. The minimum absolute atomic E-state index is 0.0978. The van der Waals surface area contributed by atoms with Crippen molar-refractivity contribution in [3.05, 3.63) is 113 Å². The van der Waals surface area contributed by atoms with E-state index in [-0.39, 0.29) is 17.9 Å². The number of aliphatic hydroxyl groups is 1. The van der Waals surface area contributed by atoms with Crippen LogP contribution in [0.25, 0.3) is 27.9 Å². The number of nitrogens with one attached hydrogen (secondary N) is 1. The summed E-state index contributed by atoms with van der Waals surface area (Å²) in [5.74, 6) is -0.687. The molecular formula is C30H22F3N5O2. The topological polar surface area (TPSA) is 92.9 Å². The van der Waals surface area contributed by atoms with Crippen molar-refractivity contribution < 1.29 is 23.1 Å². The standard InChI is InChI=1S/C30H22F3N5O2/c1-17-2-4-22(11-26(17)18-3-5-25-19(6-18)9-28-27(25)12-34-15-35-28)37-29(40)20-7-21(30(31,32)33)10-24(8-20)38-13-23(14-39)36-16-38/h2-8,10-13,15-16,39H,9,14H2,1H3,(H,37,40). The number of imidazole rings is 1. The summed E-state index contributed by atoms with van der Waals surface area (Å²) in [6.45, 7) is 1.60. The number of rotatable bonds is 5. The van der Waals surface area contributed by atoms with E-state index in [0.29, 0.717) is 17.8 Å². The van der Waals surface area contributed by atoms with Gasteiger partial charge in [-0.2, -0.15) is 13.2 Å². The van der Waals surface area contributed by atoms with Crippen LogP contribution in [0.15, 0.2) is 79.6 Å². The molecule has 40 heavy (non-hydrogen) atoms. The van der Waals surface area contributed by atoms with Gasteiger partial charge in [-0.3, -0.25) is 4.79 Å². The Morgan fingerprint density at radius 2 is 1.88 bits per heavy atom. The van der Waals surface area contributed by atoms with E-state index in [1.54, 1.807) is 6.07 Å². The predicted octanol–water partition coefficient (Wildman–Crippen LogP) is 5.97. The van der Waals surface area contributed by atoms with Gasteiger partial charge in [0.15, 0.2) is 0 Å². The largest absolute Gasteiger partial charge is 0.416 e. The summed E-state index contributed by atoms with van der Waals surface area (Å²) in [6.07, 6.45) is 2.08. The highest BCUT2D eigenvalue weighted by Gasteiger charge is 2.32. The zero-order chi connectivity index (χ0) is 28.0. The Hall–Kier alpha value is -4.83. The molecule has 0 saturated heterocycles. The van der Waals surface area contributed by atoms with E-state index < -0.39 is 17.6 Å². The van der Waals surface area contributed by atoms with Gasteiger partial charge in [-0.1, -0.05) is 24.3 Å². The van der Waals surface area contributed by atoms with Crippen molar-refractivity contribution in [3.8, 4) is 27.9 Å². The van der Waals surface area contributed by atoms with Crippen molar-refractivity contribution in [2.75, 3.05) is 5.32 Å². The highest BCUT2D eigenvalue weighted by Crippen LogP contribution is 2.38. The number of benzene rings is 3. The first-order chi connectivity index (χ1) is 19.2. The Morgan fingerprint density at radius 1 is 1.02 bits per heavy atom. The predicted molar refractivity (Wildman–Crippen MR) is 143 cm³/mol. The Balaban J connectivity index is 1.31. The number of carbonyl (C=O) groups excluding carboxylic acids is 1. The van der Waals surface area contributed by atoms with Crippen LogP contribution in [0, 0.1) is 6.92 Å². The fourth-order valence-corrected chi connectivity index (χ4v) is 4.93. The lowest BCUT2D eigenvalue weighted by atomic mass is 9.96. The number of anilines is 1. The zero-order valence-electron chi connectivity index (χ0n) is 21.2. The molecule has 0 fully saturated rings. The van der Waals surface area contributed by atoms with Gasteiger partial charge in [0.25, 0.3) is 5.91 Å². The molecular weight excluding hydrogens is 519 g/mol. The van der Waals surface area contributed by atoms with E-state index in [1.165, 1.54) is 29.5 Å². The van der Waals surface area contributed by atoms with E-state index in [0.717, 1.165) is 51.2 Å². The summed E-state index contributed by atoms with van der Waals surface area (Å²) in [6, 6.07) is 14.6. The second-order valence-electron chi connectivity index (χ2n) is 9.61. The highest BCUT2D eigenvalue weighted by molar-refractivity contribution is 6.05. The van der Waals surface area contributed by atoms with Crippen molar-refractivity contribution in [2.24, 2.45) is 0 Å². The molecule has 7 nitrogen and oxygen atoms in total. The zero-order valence-corrected chi connectivity index (χ0v) is 21.2. The number of nitrogens with zero attached hydrogens (tertiary/aromatic N) is 4. The molecule has 0 radical (unpaired) electrons. The molecule has 6 rings (SSSR count). The molecule has 5 aromatic rings. The van der Waals surface area contributed by atoms with Crippen LogP contribution in [0.5, 0.6) is 0 Å². The molecule has 200 valence electrons. The molecule has 0 unspecified atom stereocenters. The number of alkyl halides is 3. The number of carbonyl (C=O) groups is 1. The minimum Gasteiger partial charge on any atom is -0.390 e. The lowest BCUT2D eigenvalue weighted by Crippen LogP contribution is -2.15. The lowest BCUT2D eigenvalue weighted by molar-refractivity contribution is -0.137. The van der Waals surface area contributed by atoms with Gasteiger partial charge in [-0.05, 0) is 65.1 Å². The van der Waals surface area contributed by atoms with Crippen molar-refractivity contribution in [1.29, 1.82) is 0 Å². The average Bonchev–Trinajstić information content (AvgIpc) is 3.58. The molecule has 1 amide bonds. The van der Waals surface area contributed by atoms with Gasteiger partial charge >= 0.3 is 6.18 Å². The maximum atomic E-state index is 13.7. The van der Waals surface area contributed by atoms with Crippen molar-refractivity contribution in [1.82, 2.24) is 19.5 Å². The van der Waals surface area contributed by atoms with Crippen molar-refractivity contribution in [2.45, 2.75) is 26.1 Å². The van der Waals surface area contributed by atoms with E-state index >= 15 is 0 Å². The number of halogens is 3. The third-order valence-electron chi connectivity index (χ3n) is 6.96. The van der Waals surface area contributed by atoms with Gasteiger partial charge in [0.05, 0.1) is 29.9 Å². The third-order valence-corrected chi connectivity index (χ3v) is 6.96. The molecule has 10 heteroatoms. The second kappa shape index (κ2) is 9.73. The van der Waals surface area contributed by atoms with Gasteiger partial charge in [0.2, 0.25) is 0 Å². The molecule has 0 spiro atoms. The summed E-state index contributed by atoms with van der Waals surface area (Å²) in [4.78, 5) is 25.7. The minimum atomic E-state index is -4.67. The number of fused-ring (bicyclic) bond motifs is 3. The van der Waals surface area contributed by atoms with Gasteiger partial charge in [-0.15, -0.1) is 0 Å². The molecule has 2 aromatic heterocycles. The number of aliphatic hydroxyl groups excluding tert-OH is 1. The van der Waals surface area contributed by atoms with E-state index in [2.05, 4.69) is 26.3 Å². The van der Waals surface area contributed by atoms with Crippen LogP contribution in [0.4, 0.5) is 18.9 Å². The first-order valence-electron chi connectivity index (χ1n) is 12.4. The lowest BCUT2D eigenvalue weighted by Gasteiger charge is -2.14. The normalized spacial score (nSPS) is 12.2. The van der Waals surface area contributed by atoms with Crippen molar-refractivity contribution in [3.63, 3.8) is 0 Å². The third kappa shape index (κ3) is 4.73. The van der Waals surface area contributed by atoms with Crippen LogP contribution < -0.4 is 5.32 Å². The Bertz CT molecular complexity index is 1780. The first kappa shape index (κ1) is 25.4. The number of aromatic nitrogens is 4. The Morgan fingerprint density at radius 3 is 2.65 bits per heavy atom. The molecule has 0 aliphatic heterocycles. The summed E-state index contributed by atoms with van der Waals surface area (Å²) < 4.78 is 42.4. The molecule has 2 N–H and O–H groups in total. The molecule has 0 atom stereocenters. The number of aryl methyl sites for hydroxylation is 1. The Labute approximate surface area is 227 Å². The maximum absolute atomic E-state index is 13.7. The fourth-order valence-electron chi connectivity index (χ4n) is 4.93. The molecule has 1 aliphatic carbocycles. The van der Waals surface area contributed by atoms with Crippen LogP contribution in [0.1, 0.15) is 38.4 Å². The summed E-state index contributed by atoms with van der Waals surface area (Å²) in [5, 5.41) is 12.0. The summed E-state index contributed by atoms with van der Waals surface area (Å²) in [5.41, 5.74) is 6.74. The average molecular weight is 542 g/mol. The molecule has 0 bridgehead atoms. The Kier molecular flexibility index (Phi) is 6.19. The SMILES string of the molecule is Cc1ccc(NC(=O)c2cc(-n3cnc(CO)c3)cc(C(F)(F)F)c2)cc1-c1ccc2c(c1)Cc1ncncc1-2. The van der Waals surface area contributed by atoms with Crippen LogP contribution in [0.3, 0.4) is 0 Å². The highest BCUT2D eigenvalue weighted by atomic mass is 19.4. The molecule has 0 saturated carbocycles. The van der Waals surface area contributed by atoms with Crippen LogP contribution in [-0.4, -0.2) is 30.5 Å². The number of hydrogen-bond donors (Lipinski definition) is 2. The number of hydrogen-bond acceptors (Lipinski definition) is 5. The molecule has 1 aliphatic rings. The maximum Gasteiger partial charge on any atom is 0.416 e. The van der Waals surface area contributed by atoms with Crippen LogP contribution in [-0.2, 0) is 19.2 Å². The van der Waals surface area contributed by atoms with Gasteiger partial charge in [0.1, 0.15) is 6.33 Å². The van der Waals surface area contributed by atoms with Crippen molar-refractivity contribution >= 4 is 11.6 Å². The van der Waals surface area contributed by atoms with Gasteiger partial charge < -0.3 is 15.0 Å².